The Kier molecular flexibility index (Phi) is 13.8. The van der Waals surface area contributed by atoms with E-state index in [1.54, 1.807) is 0 Å². The zero-order valence-electron chi connectivity index (χ0n) is 57.0. The number of aliphatic imine (C=N–C) groups is 2. The minimum Gasteiger partial charge on any atom is -0.333 e. The van der Waals surface area contributed by atoms with Crippen LogP contribution in [0, 0.1) is 0 Å². The molecule has 18 rings (SSSR count). The SMILES string of the molecule is C=C/C=C(/C(=NCc1ccc(-n2c3ccccc3c3ccc4c(c32)-c2ccccc2C4(C)C)cc1)c1cc(-c2cccc(-n3c4ccccc4c4ccc5c(c43)C3=C(C=CCC3)C5(C)C)c2)ccc1N=C)C(C)n1c2ccccc2c2ccc3c(c21)-c1ccccc1C3(C)C.CC. The zero-order valence-corrected chi connectivity index (χ0v) is 57.0. The summed E-state index contributed by atoms with van der Waals surface area (Å²) in [5.74, 6) is 0. The third-order valence-corrected chi connectivity index (χ3v) is 22.3. The van der Waals surface area contributed by atoms with E-state index in [1.165, 1.54) is 127 Å². The first-order chi connectivity index (χ1) is 47.3. The first-order valence-corrected chi connectivity index (χ1v) is 34.8. The van der Waals surface area contributed by atoms with E-state index in [1.807, 2.05) is 19.9 Å². The third kappa shape index (κ3) is 8.63. The average molecular weight is 1250 g/mol. The molecule has 5 nitrogen and oxygen atoms in total. The van der Waals surface area contributed by atoms with Crippen LogP contribution in [0.1, 0.15) is 126 Å². The fraction of sp³-hybridized carbons (Fsp3) is 0.174. The fourth-order valence-electron chi connectivity index (χ4n) is 17.8. The van der Waals surface area contributed by atoms with Crippen LogP contribution >= 0.6 is 0 Å². The van der Waals surface area contributed by atoms with Crippen molar-refractivity contribution in [2.75, 3.05) is 0 Å². The summed E-state index contributed by atoms with van der Waals surface area (Å²) in [5.41, 5.74) is 32.2. The van der Waals surface area contributed by atoms with Gasteiger partial charge in [0.2, 0.25) is 0 Å². The van der Waals surface area contributed by atoms with Crippen molar-refractivity contribution in [1.29, 1.82) is 0 Å². The smallest absolute Gasteiger partial charge is 0.0725 e. The van der Waals surface area contributed by atoms with Gasteiger partial charge < -0.3 is 13.7 Å². The van der Waals surface area contributed by atoms with Crippen molar-refractivity contribution in [2.24, 2.45) is 9.98 Å². The van der Waals surface area contributed by atoms with Crippen LogP contribution in [0.5, 0.6) is 0 Å². The molecule has 0 aliphatic heterocycles. The van der Waals surface area contributed by atoms with E-state index >= 15 is 0 Å². The van der Waals surface area contributed by atoms with Gasteiger partial charge in [-0.1, -0.05) is 256 Å². The number of para-hydroxylation sites is 3. The van der Waals surface area contributed by atoms with E-state index < -0.39 is 0 Å². The van der Waals surface area contributed by atoms with Crippen molar-refractivity contribution in [3.8, 4) is 44.8 Å². The standard InChI is InChI=1S/C90H73N5.C2H6/c1-10-24-60(54(2)93-78-36-20-14-27-61(78)64-44-47-74-81(85(64)93)67-30-11-17-33-71(67)88(74,3)4)84(92-53-55-39-42-58(43-40-55)94-79-37-21-15-28-62(79)65-45-48-75-82(86(65)94)68-31-12-18-34-72(68)89(75,5)6)70-52-57(41-50-77(70)91-9)56-25-23-26-59(51-56)95-80-38-22-16-29-63(80)66-46-49-76-83(87(66)95)69-32-13-19-35-73(69)90(76,7)8;1-2/h10-12,14-31,33-52,54H,1,9,13,32,53H2,2-8H3;1-2H3/b60-24+,92-84?;. The van der Waals surface area contributed by atoms with E-state index in [2.05, 4.69) is 318 Å². The normalized spacial score (nSPS) is 15.8. The van der Waals surface area contributed by atoms with Crippen molar-refractivity contribution < 1.29 is 0 Å². The molecule has 0 amide bonds. The van der Waals surface area contributed by atoms with Gasteiger partial charge in [-0.25, -0.2) is 0 Å². The second-order valence-corrected chi connectivity index (χ2v) is 28.3. The largest absolute Gasteiger partial charge is 0.333 e. The first kappa shape index (κ1) is 59.8. The Bertz CT molecular complexity index is 5830. The third-order valence-electron chi connectivity index (χ3n) is 22.3. The lowest BCUT2D eigenvalue weighted by atomic mass is 9.80. The molecule has 0 bridgehead atoms. The number of hydrogen-bond donors (Lipinski definition) is 0. The number of benzene rings is 11. The van der Waals surface area contributed by atoms with Crippen molar-refractivity contribution in [3.05, 3.63) is 311 Å². The molecule has 97 heavy (non-hydrogen) atoms. The molecule has 11 aromatic carbocycles. The van der Waals surface area contributed by atoms with Gasteiger partial charge in [-0.15, -0.1) is 0 Å². The van der Waals surface area contributed by atoms with Crippen LogP contribution in [0.25, 0.3) is 116 Å². The average Bonchev–Trinajstić information content (AvgIpc) is 1.56. The minimum absolute atomic E-state index is 0.0986. The molecular formula is C92H79N5. The second kappa shape index (κ2) is 22.4. The molecule has 1 unspecified atom stereocenters. The van der Waals surface area contributed by atoms with Crippen molar-refractivity contribution in [2.45, 2.75) is 104 Å². The summed E-state index contributed by atoms with van der Waals surface area (Å²) in [6, 6.07) is 83.7. The van der Waals surface area contributed by atoms with Gasteiger partial charge in [0.1, 0.15) is 0 Å². The van der Waals surface area contributed by atoms with E-state index in [4.69, 9.17) is 9.98 Å². The first-order valence-electron chi connectivity index (χ1n) is 34.8. The highest BCUT2D eigenvalue weighted by Gasteiger charge is 2.42. The summed E-state index contributed by atoms with van der Waals surface area (Å²) < 4.78 is 7.62. The Balaban J connectivity index is 0.00000352. The van der Waals surface area contributed by atoms with Crippen molar-refractivity contribution in [3.63, 3.8) is 0 Å². The molecule has 472 valence electrons. The predicted octanol–water partition coefficient (Wildman–Crippen LogP) is 24.4. The molecular weight excluding hydrogens is 1180 g/mol. The molecule has 0 spiro atoms. The highest BCUT2D eigenvalue weighted by molar-refractivity contribution is 6.20. The molecule has 1 atom stereocenters. The highest BCUT2D eigenvalue weighted by atomic mass is 15.0. The van der Waals surface area contributed by atoms with Crippen molar-refractivity contribution in [1.82, 2.24) is 13.7 Å². The number of aromatic nitrogens is 3. The Morgan fingerprint density at radius 1 is 0.495 bits per heavy atom. The molecule has 3 aromatic heterocycles. The van der Waals surface area contributed by atoms with Gasteiger partial charge in [0.25, 0.3) is 0 Å². The Labute approximate surface area is 569 Å². The number of allylic oxidation sites excluding steroid dienone is 7. The molecule has 4 aliphatic carbocycles. The lowest BCUT2D eigenvalue weighted by molar-refractivity contribution is 0.651. The van der Waals surface area contributed by atoms with Crippen LogP contribution in [0.3, 0.4) is 0 Å². The summed E-state index contributed by atoms with van der Waals surface area (Å²) in [7, 11) is 0. The van der Waals surface area contributed by atoms with Crippen LogP contribution in [0.4, 0.5) is 5.69 Å². The molecule has 0 saturated heterocycles. The van der Waals surface area contributed by atoms with Gasteiger partial charge in [0, 0.05) is 93.3 Å². The monoisotopic (exact) mass is 1250 g/mol. The van der Waals surface area contributed by atoms with Gasteiger partial charge in [-0.05, 0) is 148 Å². The molecule has 4 aliphatic rings. The maximum atomic E-state index is 5.91. The van der Waals surface area contributed by atoms with Gasteiger partial charge in [0.05, 0.1) is 51.6 Å². The summed E-state index contributed by atoms with van der Waals surface area (Å²) in [5, 5.41) is 7.50. The molecule has 5 heteroatoms. The summed E-state index contributed by atoms with van der Waals surface area (Å²) in [6.07, 6.45) is 11.0. The van der Waals surface area contributed by atoms with Gasteiger partial charge in [0.15, 0.2) is 0 Å². The van der Waals surface area contributed by atoms with Crippen LogP contribution in [-0.2, 0) is 22.8 Å². The molecule has 14 aromatic rings. The number of rotatable bonds is 11. The van der Waals surface area contributed by atoms with Crippen LogP contribution in [0.15, 0.2) is 276 Å². The predicted molar refractivity (Wildman–Crippen MR) is 414 cm³/mol. The fourth-order valence-corrected chi connectivity index (χ4v) is 17.8. The van der Waals surface area contributed by atoms with E-state index in [9.17, 15) is 0 Å². The van der Waals surface area contributed by atoms with Gasteiger partial charge in [-0.2, -0.15) is 0 Å². The molecule has 0 saturated carbocycles. The van der Waals surface area contributed by atoms with E-state index in [0.717, 1.165) is 69.0 Å². The summed E-state index contributed by atoms with van der Waals surface area (Å²) in [6.45, 7) is 29.8. The minimum atomic E-state index is -0.243. The summed E-state index contributed by atoms with van der Waals surface area (Å²) in [4.78, 5) is 10.8. The Hall–Kier alpha value is -10.9. The maximum Gasteiger partial charge on any atom is 0.0725 e. The molecule has 0 radical (unpaired) electrons. The molecule has 0 fully saturated rings. The molecule has 0 N–H and O–H groups in total. The van der Waals surface area contributed by atoms with E-state index in [0.29, 0.717) is 6.54 Å². The number of fused-ring (bicyclic) bond motifs is 20. The van der Waals surface area contributed by atoms with Gasteiger partial charge in [-0.3, -0.25) is 9.98 Å². The quantitative estimate of drug-likeness (QED) is 0.0915. The molecule has 3 heterocycles. The maximum absolute atomic E-state index is 5.91. The Morgan fingerprint density at radius 3 is 1.64 bits per heavy atom. The zero-order chi connectivity index (χ0) is 66.4. The van der Waals surface area contributed by atoms with Crippen LogP contribution in [0.2, 0.25) is 0 Å². The van der Waals surface area contributed by atoms with Crippen LogP contribution < -0.4 is 0 Å². The Morgan fingerprint density at radius 2 is 1.02 bits per heavy atom. The second-order valence-electron chi connectivity index (χ2n) is 28.3. The highest BCUT2D eigenvalue weighted by Crippen LogP contribution is 2.57. The number of hydrogen-bond acceptors (Lipinski definition) is 2. The van der Waals surface area contributed by atoms with Crippen molar-refractivity contribution >= 4 is 89.1 Å². The lowest BCUT2D eigenvalue weighted by Crippen LogP contribution is -2.18. The van der Waals surface area contributed by atoms with Crippen LogP contribution in [-0.4, -0.2) is 26.1 Å². The van der Waals surface area contributed by atoms with Gasteiger partial charge >= 0.3 is 0 Å². The summed E-state index contributed by atoms with van der Waals surface area (Å²) >= 11 is 0. The van der Waals surface area contributed by atoms with E-state index in [-0.39, 0.29) is 22.3 Å². The topological polar surface area (TPSA) is 39.5 Å². The number of nitrogens with zero attached hydrogens (tertiary/aromatic N) is 5. The lowest BCUT2D eigenvalue weighted by Gasteiger charge is -2.25.